The largest absolute Gasteiger partial charge is 0.456 e. The molecule has 0 bridgehead atoms. The molecule has 0 atom stereocenters. The molecule has 0 saturated heterocycles. The van der Waals surface area contributed by atoms with Gasteiger partial charge in [-0.2, -0.15) is 5.26 Å². The highest BCUT2D eigenvalue weighted by Gasteiger charge is 2.21. The molecule has 3 nitrogen and oxygen atoms in total. The molecule has 0 spiro atoms. The van der Waals surface area contributed by atoms with Gasteiger partial charge in [0.05, 0.1) is 17.2 Å². The average molecular weight is 381 g/mol. The van der Waals surface area contributed by atoms with Crippen molar-refractivity contribution in [1.29, 1.82) is 5.26 Å². The molecule has 144 valence electrons. The molecule has 0 unspecified atom stereocenters. The number of fused-ring (bicyclic) bond motifs is 3. The fourth-order valence-corrected chi connectivity index (χ4v) is 4.92. The van der Waals surface area contributed by atoms with Crippen molar-refractivity contribution in [2.75, 3.05) is 0 Å². The van der Waals surface area contributed by atoms with E-state index in [0.717, 1.165) is 38.8 Å². The predicted molar refractivity (Wildman–Crippen MR) is 116 cm³/mol. The molecule has 1 fully saturated rings. The van der Waals surface area contributed by atoms with Crippen molar-refractivity contribution in [2.45, 2.75) is 44.9 Å². The molecule has 1 aliphatic rings. The lowest BCUT2D eigenvalue weighted by atomic mass is 9.83. The zero-order chi connectivity index (χ0) is 20.0. The number of hydrogen-bond acceptors (Lipinski definition) is 2. The van der Waals surface area contributed by atoms with Gasteiger partial charge in [-0.3, -0.25) is 0 Å². The highest BCUT2D eigenvalue weighted by Crippen LogP contribution is 2.39. The molecule has 2 aromatic heterocycles. The van der Waals surface area contributed by atoms with E-state index < -0.39 is 0 Å². The van der Waals surface area contributed by atoms with Crippen LogP contribution in [0, 0.1) is 18.3 Å². The zero-order valence-electron chi connectivity index (χ0n) is 17.0. The summed E-state index contributed by atoms with van der Waals surface area (Å²) in [5.74, 6) is 0.550. The Kier molecular flexibility index (Phi) is 4.36. The Morgan fingerprint density at radius 3 is 2.62 bits per heavy atom. The first-order valence-electron chi connectivity index (χ1n) is 10.5. The van der Waals surface area contributed by atoms with Gasteiger partial charge in [0.25, 0.3) is 0 Å². The molecule has 1 aliphatic carbocycles. The van der Waals surface area contributed by atoms with Gasteiger partial charge in [-0.15, -0.1) is 0 Å². The van der Waals surface area contributed by atoms with Gasteiger partial charge in [-0.05, 0) is 67.1 Å². The third-order valence-corrected chi connectivity index (χ3v) is 6.47. The first kappa shape index (κ1) is 17.9. The van der Waals surface area contributed by atoms with E-state index >= 15 is 0 Å². The molecule has 0 amide bonds. The lowest BCUT2D eigenvalue weighted by Crippen LogP contribution is -2.30. The van der Waals surface area contributed by atoms with Gasteiger partial charge in [-0.1, -0.05) is 19.3 Å². The topological polar surface area (TPSA) is 40.8 Å². The highest BCUT2D eigenvalue weighted by molar-refractivity contribution is 6.09. The monoisotopic (exact) mass is 381 g/mol. The highest BCUT2D eigenvalue weighted by atomic mass is 16.3. The third-order valence-electron chi connectivity index (χ3n) is 6.47. The van der Waals surface area contributed by atoms with Crippen molar-refractivity contribution >= 4 is 21.9 Å². The molecule has 2 heterocycles. The Morgan fingerprint density at radius 1 is 1.03 bits per heavy atom. The van der Waals surface area contributed by atoms with Crippen LogP contribution in [0.4, 0.5) is 0 Å². The minimum Gasteiger partial charge on any atom is -0.456 e. The number of nitrogens with zero attached hydrogens (tertiary/aromatic N) is 2. The second-order valence-corrected chi connectivity index (χ2v) is 8.35. The van der Waals surface area contributed by atoms with Gasteiger partial charge >= 0.3 is 0 Å². The second-order valence-electron chi connectivity index (χ2n) is 8.35. The fraction of sp³-hybridized carbons (Fsp3) is 0.308. The van der Waals surface area contributed by atoms with E-state index in [-0.39, 0.29) is 0 Å². The minimum atomic E-state index is 0.550. The van der Waals surface area contributed by atoms with E-state index in [9.17, 15) is 5.26 Å². The summed E-state index contributed by atoms with van der Waals surface area (Å²) in [4.78, 5) is 0. The maximum Gasteiger partial charge on any atom is 0.212 e. The third kappa shape index (κ3) is 3.00. The number of aromatic nitrogens is 1. The van der Waals surface area contributed by atoms with Crippen LogP contribution in [0.5, 0.6) is 0 Å². The lowest BCUT2D eigenvalue weighted by molar-refractivity contribution is -0.660. The molecule has 3 heteroatoms. The summed E-state index contributed by atoms with van der Waals surface area (Å²) >= 11 is 0. The fourth-order valence-electron chi connectivity index (χ4n) is 4.92. The molecule has 0 radical (unpaired) electrons. The van der Waals surface area contributed by atoms with Crippen LogP contribution in [-0.2, 0) is 7.05 Å². The number of furan rings is 1. The summed E-state index contributed by atoms with van der Waals surface area (Å²) in [6.07, 6.45) is 8.37. The van der Waals surface area contributed by atoms with Crippen molar-refractivity contribution in [3.63, 3.8) is 0 Å². The summed E-state index contributed by atoms with van der Waals surface area (Å²) in [6.45, 7) is 2.13. The van der Waals surface area contributed by atoms with Crippen LogP contribution in [-0.4, -0.2) is 0 Å². The molecule has 0 N–H and O–H groups in total. The van der Waals surface area contributed by atoms with Crippen molar-refractivity contribution in [1.82, 2.24) is 0 Å². The zero-order valence-corrected chi connectivity index (χ0v) is 17.0. The van der Waals surface area contributed by atoms with Crippen LogP contribution in [0.3, 0.4) is 0 Å². The van der Waals surface area contributed by atoms with Gasteiger partial charge in [0.2, 0.25) is 5.69 Å². The summed E-state index contributed by atoms with van der Waals surface area (Å²) in [6, 6.07) is 17.2. The van der Waals surface area contributed by atoms with Crippen molar-refractivity contribution in [2.24, 2.45) is 7.05 Å². The molecule has 2 aromatic carbocycles. The smallest absolute Gasteiger partial charge is 0.212 e. The number of rotatable bonds is 2. The number of nitriles is 1. The molecule has 29 heavy (non-hydrogen) atoms. The maximum atomic E-state index is 9.88. The number of hydrogen-bond donors (Lipinski definition) is 0. The quantitative estimate of drug-likeness (QED) is 0.382. The molecular formula is C26H25N2O+. The summed E-state index contributed by atoms with van der Waals surface area (Å²) in [5, 5.41) is 11.9. The molecule has 1 saturated carbocycles. The Bertz CT molecular complexity index is 1270. The van der Waals surface area contributed by atoms with Gasteiger partial charge in [0.15, 0.2) is 6.20 Å². The van der Waals surface area contributed by atoms with Crippen molar-refractivity contribution in [3.8, 4) is 17.3 Å². The maximum absolute atomic E-state index is 9.88. The van der Waals surface area contributed by atoms with E-state index in [0.29, 0.717) is 5.92 Å². The van der Waals surface area contributed by atoms with Crippen LogP contribution in [0.2, 0.25) is 0 Å². The molecular weight excluding hydrogens is 356 g/mol. The summed E-state index contributed by atoms with van der Waals surface area (Å²) in [5.41, 5.74) is 7.18. The Labute approximate surface area is 171 Å². The number of aryl methyl sites for hydroxylation is 2. The van der Waals surface area contributed by atoms with Gasteiger partial charge < -0.3 is 4.42 Å². The standard InChI is InChI=1S/C26H25N2O/c1-17-12-22-24(15-21(17)23-10-6-7-11-28(23)2)29-25-14-19(13-20(16-27)26(22)25)18-8-4-3-5-9-18/h6-7,10-15,18H,3-5,8-9H2,1-2H3/q+1. The van der Waals surface area contributed by atoms with Gasteiger partial charge in [-0.25, -0.2) is 4.57 Å². The van der Waals surface area contributed by atoms with Crippen LogP contribution < -0.4 is 4.57 Å². The van der Waals surface area contributed by atoms with E-state index in [4.69, 9.17) is 4.42 Å². The van der Waals surface area contributed by atoms with Crippen LogP contribution in [0.25, 0.3) is 33.2 Å². The van der Waals surface area contributed by atoms with E-state index in [1.54, 1.807) is 0 Å². The molecule has 5 rings (SSSR count). The second kappa shape index (κ2) is 7.04. The van der Waals surface area contributed by atoms with Crippen molar-refractivity contribution < 1.29 is 8.98 Å². The predicted octanol–water partition coefficient (Wildman–Crippen LogP) is 6.31. The molecule has 4 aromatic rings. The van der Waals surface area contributed by atoms with Crippen molar-refractivity contribution in [3.05, 3.63) is 65.4 Å². The van der Waals surface area contributed by atoms with Crippen LogP contribution in [0.1, 0.15) is 54.7 Å². The first-order chi connectivity index (χ1) is 14.2. The summed E-state index contributed by atoms with van der Waals surface area (Å²) < 4.78 is 8.45. The Balaban J connectivity index is 1.73. The Hall–Kier alpha value is -3.12. The van der Waals surface area contributed by atoms with E-state index in [2.05, 4.69) is 67.2 Å². The average Bonchev–Trinajstić information content (AvgIpc) is 3.11. The number of pyridine rings is 1. The van der Waals surface area contributed by atoms with Gasteiger partial charge in [0.1, 0.15) is 18.2 Å². The summed E-state index contributed by atoms with van der Waals surface area (Å²) in [7, 11) is 2.06. The van der Waals surface area contributed by atoms with Gasteiger partial charge in [0, 0.05) is 22.9 Å². The lowest BCUT2D eigenvalue weighted by Gasteiger charge is -2.22. The van der Waals surface area contributed by atoms with Crippen LogP contribution >= 0.6 is 0 Å². The van der Waals surface area contributed by atoms with E-state index in [1.165, 1.54) is 43.2 Å². The first-order valence-corrected chi connectivity index (χ1v) is 10.5. The SMILES string of the molecule is Cc1cc2c(cc1-c1cccc[n+]1C)oc1cc(C3CCCCC3)cc(C#N)c12. The minimum absolute atomic E-state index is 0.550. The normalized spacial score (nSPS) is 15.1. The number of benzene rings is 2. The van der Waals surface area contributed by atoms with Crippen LogP contribution in [0.15, 0.2) is 53.1 Å². The Morgan fingerprint density at radius 2 is 1.86 bits per heavy atom. The molecule has 0 aliphatic heterocycles. The van der Waals surface area contributed by atoms with E-state index in [1.807, 2.05) is 6.07 Å².